The summed E-state index contributed by atoms with van der Waals surface area (Å²) < 4.78 is 29.0. The number of nitrogens with one attached hydrogen (secondary N) is 1. The second-order valence-electron chi connectivity index (χ2n) is 5.33. The summed E-state index contributed by atoms with van der Waals surface area (Å²) >= 11 is 0. The molecule has 0 radical (unpaired) electrons. The molecule has 0 spiro atoms. The first kappa shape index (κ1) is 19.4. The Morgan fingerprint density at radius 2 is 1.85 bits per heavy atom. The molecule has 8 heteroatoms. The van der Waals surface area contributed by atoms with Crippen molar-refractivity contribution in [1.29, 1.82) is 0 Å². The molecule has 0 bridgehead atoms. The van der Waals surface area contributed by atoms with Crippen LogP contribution in [0.25, 0.3) is 0 Å². The Hall–Kier alpha value is -0.630. The van der Waals surface area contributed by atoms with Gasteiger partial charge in [0.15, 0.2) is 0 Å². The lowest BCUT2D eigenvalue weighted by Crippen LogP contribution is -2.38. The molecule has 1 atom stereocenters. The van der Waals surface area contributed by atoms with Crippen molar-refractivity contribution in [3.8, 4) is 0 Å². The number of rotatable bonds is 6. The molecular weight excluding hydrogens is 300 g/mol. The van der Waals surface area contributed by atoms with Crippen LogP contribution >= 0.6 is 12.4 Å². The Balaban J connectivity index is 0.00000361. The van der Waals surface area contributed by atoms with Crippen molar-refractivity contribution in [3.05, 3.63) is 11.4 Å². The fourth-order valence-electron chi connectivity index (χ4n) is 1.96. The number of hydrogen-bond donors (Lipinski definition) is 2. The van der Waals surface area contributed by atoms with Crippen LogP contribution in [0.5, 0.6) is 0 Å². The smallest absolute Gasteiger partial charge is 0.244 e. The quantitative estimate of drug-likeness (QED) is 0.822. The average molecular weight is 325 g/mol. The van der Waals surface area contributed by atoms with Gasteiger partial charge in [-0.3, -0.25) is 4.68 Å². The SMILES string of the molecule is Cc1nn(CC(C)C)c(C)c1S(=O)(=O)N[C@@H](C)CN.Cl. The molecule has 0 aromatic carbocycles. The largest absolute Gasteiger partial charge is 0.329 e. The van der Waals surface area contributed by atoms with Gasteiger partial charge in [-0.05, 0) is 26.7 Å². The zero-order valence-corrected chi connectivity index (χ0v) is 14.3. The first-order valence-electron chi connectivity index (χ1n) is 6.45. The van der Waals surface area contributed by atoms with Gasteiger partial charge in [-0.2, -0.15) is 5.10 Å². The van der Waals surface area contributed by atoms with Crippen molar-refractivity contribution in [3.63, 3.8) is 0 Å². The van der Waals surface area contributed by atoms with E-state index >= 15 is 0 Å². The van der Waals surface area contributed by atoms with Crippen molar-refractivity contribution >= 4 is 22.4 Å². The number of aromatic nitrogens is 2. The second-order valence-corrected chi connectivity index (χ2v) is 6.98. The van der Waals surface area contributed by atoms with Gasteiger partial charge in [0, 0.05) is 19.1 Å². The van der Waals surface area contributed by atoms with Gasteiger partial charge in [-0.25, -0.2) is 13.1 Å². The summed E-state index contributed by atoms with van der Waals surface area (Å²) in [6.45, 7) is 10.3. The number of nitrogens with zero attached hydrogens (tertiary/aromatic N) is 2. The van der Waals surface area contributed by atoms with Gasteiger partial charge in [-0.15, -0.1) is 12.4 Å². The summed E-state index contributed by atoms with van der Waals surface area (Å²) in [5, 5.41) is 4.32. The van der Waals surface area contributed by atoms with Crippen LogP contribution in [0.4, 0.5) is 0 Å². The lowest BCUT2D eigenvalue weighted by molar-refractivity contribution is 0.471. The van der Waals surface area contributed by atoms with Gasteiger partial charge in [0.2, 0.25) is 10.0 Å². The maximum Gasteiger partial charge on any atom is 0.244 e. The summed E-state index contributed by atoms with van der Waals surface area (Å²) in [4.78, 5) is 0.272. The van der Waals surface area contributed by atoms with E-state index in [1.807, 2.05) is 0 Å². The maximum absolute atomic E-state index is 12.3. The predicted molar refractivity (Wildman–Crippen MR) is 82.6 cm³/mol. The van der Waals surface area contributed by atoms with E-state index in [1.165, 1.54) is 0 Å². The van der Waals surface area contributed by atoms with Gasteiger partial charge in [0.05, 0.1) is 11.4 Å². The average Bonchev–Trinajstić information content (AvgIpc) is 2.52. The Morgan fingerprint density at radius 3 is 2.30 bits per heavy atom. The first-order chi connectivity index (χ1) is 8.69. The third-order valence-corrected chi connectivity index (χ3v) is 4.67. The molecule has 0 fully saturated rings. The van der Waals surface area contributed by atoms with Crippen molar-refractivity contribution in [2.24, 2.45) is 11.7 Å². The molecule has 0 aliphatic heterocycles. The minimum atomic E-state index is -3.56. The molecule has 6 nitrogen and oxygen atoms in total. The van der Waals surface area contributed by atoms with Crippen molar-refractivity contribution in [2.45, 2.75) is 52.1 Å². The zero-order valence-electron chi connectivity index (χ0n) is 12.7. The van der Waals surface area contributed by atoms with Gasteiger partial charge in [0.25, 0.3) is 0 Å². The van der Waals surface area contributed by atoms with Crippen LogP contribution in [0, 0.1) is 19.8 Å². The maximum atomic E-state index is 12.3. The minimum absolute atomic E-state index is 0. The number of nitrogens with two attached hydrogens (primary N) is 1. The Morgan fingerprint density at radius 1 is 1.30 bits per heavy atom. The van der Waals surface area contributed by atoms with E-state index < -0.39 is 10.0 Å². The van der Waals surface area contributed by atoms with Crippen LogP contribution in [0.3, 0.4) is 0 Å². The molecule has 0 aliphatic rings. The van der Waals surface area contributed by atoms with Crippen LogP contribution < -0.4 is 10.5 Å². The molecule has 3 N–H and O–H groups in total. The molecule has 1 aromatic rings. The van der Waals surface area contributed by atoms with Crippen LogP contribution in [-0.4, -0.2) is 30.8 Å². The van der Waals surface area contributed by atoms with E-state index in [2.05, 4.69) is 23.7 Å². The topological polar surface area (TPSA) is 90.0 Å². The summed E-state index contributed by atoms with van der Waals surface area (Å²) in [6.07, 6.45) is 0. The molecule has 0 amide bonds. The number of halogens is 1. The Bertz CT molecular complexity index is 540. The monoisotopic (exact) mass is 324 g/mol. The Kier molecular flexibility index (Phi) is 7.17. The van der Waals surface area contributed by atoms with Gasteiger partial charge >= 0.3 is 0 Å². The Labute approximate surface area is 127 Å². The summed E-state index contributed by atoms with van der Waals surface area (Å²) in [6, 6.07) is -0.294. The molecule has 1 heterocycles. The third-order valence-electron chi connectivity index (χ3n) is 2.83. The number of hydrogen-bond acceptors (Lipinski definition) is 4. The lowest BCUT2D eigenvalue weighted by Gasteiger charge is -2.12. The first-order valence-corrected chi connectivity index (χ1v) is 7.93. The molecule has 1 rings (SSSR count). The highest BCUT2D eigenvalue weighted by Gasteiger charge is 2.25. The zero-order chi connectivity index (χ0) is 14.8. The lowest BCUT2D eigenvalue weighted by atomic mass is 10.2. The predicted octanol–water partition coefficient (Wildman–Crippen LogP) is 1.20. The van der Waals surface area contributed by atoms with Gasteiger partial charge in [0.1, 0.15) is 4.90 Å². The fraction of sp³-hybridized carbons (Fsp3) is 0.750. The number of sulfonamides is 1. The van der Waals surface area contributed by atoms with E-state index in [9.17, 15) is 8.42 Å². The van der Waals surface area contributed by atoms with E-state index in [-0.39, 0.29) is 29.9 Å². The summed E-state index contributed by atoms with van der Waals surface area (Å²) in [5.41, 5.74) is 6.65. The fourth-order valence-corrected chi connectivity index (χ4v) is 3.63. The van der Waals surface area contributed by atoms with Crippen LogP contribution in [0.15, 0.2) is 4.90 Å². The molecule has 0 unspecified atom stereocenters. The molecule has 20 heavy (non-hydrogen) atoms. The normalized spacial score (nSPS) is 13.3. The number of aryl methyl sites for hydroxylation is 1. The molecular formula is C12H25ClN4O2S. The van der Waals surface area contributed by atoms with Crippen molar-refractivity contribution in [1.82, 2.24) is 14.5 Å². The van der Waals surface area contributed by atoms with E-state index in [4.69, 9.17) is 5.73 Å². The molecule has 0 saturated carbocycles. The van der Waals surface area contributed by atoms with Crippen LogP contribution in [0.1, 0.15) is 32.2 Å². The highest BCUT2D eigenvalue weighted by Crippen LogP contribution is 2.20. The highest BCUT2D eigenvalue weighted by molar-refractivity contribution is 7.89. The van der Waals surface area contributed by atoms with E-state index in [1.54, 1.807) is 25.5 Å². The molecule has 118 valence electrons. The van der Waals surface area contributed by atoms with Gasteiger partial charge < -0.3 is 5.73 Å². The minimum Gasteiger partial charge on any atom is -0.329 e. The molecule has 1 aromatic heterocycles. The highest BCUT2D eigenvalue weighted by atomic mass is 35.5. The van der Waals surface area contributed by atoms with E-state index in [0.29, 0.717) is 23.9 Å². The summed E-state index contributed by atoms with van der Waals surface area (Å²) in [7, 11) is -3.56. The third kappa shape index (κ3) is 4.44. The molecule has 0 saturated heterocycles. The second kappa shape index (κ2) is 7.40. The van der Waals surface area contributed by atoms with Gasteiger partial charge in [-0.1, -0.05) is 13.8 Å². The van der Waals surface area contributed by atoms with Crippen LogP contribution in [-0.2, 0) is 16.6 Å². The summed E-state index contributed by atoms with van der Waals surface area (Å²) in [5.74, 6) is 0.407. The standard InChI is InChI=1S/C12H24N4O2S.ClH/c1-8(2)7-16-11(5)12(10(4)14-16)19(17,18)15-9(3)6-13;/h8-9,15H,6-7,13H2,1-5H3;1H/t9-;/m0./s1. The van der Waals surface area contributed by atoms with E-state index in [0.717, 1.165) is 0 Å². The molecule has 0 aliphatic carbocycles. The van der Waals surface area contributed by atoms with Crippen LogP contribution in [0.2, 0.25) is 0 Å². The van der Waals surface area contributed by atoms with Crippen molar-refractivity contribution in [2.75, 3.05) is 6.54 Å². The van der Waals surface area contributed by atoms with Crippen molar-refractivity contribution < 1.29 is 8.42 Å².